The maximum Gasteiger partial charge on any atom is 0.251 e. The van der Waals surface area contributed by atoms with Crippen molar-refractivity contribution in [2.24, 2.45) is 0 Å². The highest BCUT2D eigenvalue weighted by molar-refractivity contribution is 8.00. The van der Waals surface area contributed by atoms with Crippen molar-refractivity contribution in [1.29, 1.82) is 0 Å². The molecule has 1 aliphatic heterocycles. The molecule has 4 rings (SSSR count). The quantitative estimate of drug-likeness (QED) is 0.718. The van der Waals surface area contributed by atoms with E-state index in [-0.39, 0.29) is 5.56 Å². The Morgan fingerprint density at radius 3 is 2.71 bits per heavy atom. The second-order valence-electron chi connectivity index (χ2n) is 5.39. The first-order chi connectivity index (χ1) is 10.3. The average Bonchev–Trinajstić information content (AvgIpc) is 2.92. The number of pyridine rings is 1. The largest absolute Gasteiger partial charge is 0.307 e. The van der Waals surface area contributed by atoms with Gasteiger partial charge in [0.25, 0.3) is 5.56 Å². The Bertz CT molecular complexity index is 843. The predicted molar refractivity (Wildman–Crippen MR) is 88.0 cm³/mol. The SMILES string of the molecule is O=c1ccc2ccccc2n1CC1Cc2ccccc2S1. The van der Waals surface area contributed by atoms with Crippen LogP contribution in [0.1, 0.15) is 5.56 Å². The molecule has 0 bridgehead atoms. The zero-order valence-electron chi connectivity index (χ0n) is 11.5. The Morgan fingerprint density at radius 2 is 1.81 bits per heavy atom. The van der Waals surface area contributed by atoms with Gasteiger partial charge in [0.15, 0.2) is 0 Å². The zero-order valence-corrected chi connectivity index (χ0v) is 12.3. The number of hydrogen-bond donors (Lipinski definition) is 0. The fraction of sp³-hybridized carbons (Fsp3) is 0.167. The Kier molecular flexibility index (Phi) is 3.08. The van der Waals surface area contributed by atoms with Crippen LogP contribution in [0, 0.1) is 0 Å². The third-order valence-corrected chi connectivity index (χ3v) is 5.30. The van der Waals surface area contributed by atoms with Crippen molar-refractivity contribution in [2.75, 3.05) is 0 Å². The van der Waals surface area contributed by atoms with Crippen LogP contribution in [0.25, 0.3) is 10.9 Å². The molecule has 0 aliphatic carbocycles. The first-order valence-electron chi connectivity index (χ1n) is 7.14. The van der Waals surface area contributed by atoms with E-state index in [0.717, 1.165) is 23.9 Å². The molecule has 1 unspecified atom stereocenters. The first-order valence-corrected chi connectivity index (χ1v) is 8.02. The van der Waals surface area contributed by atoms with Crippen LogP contribution in [0.15, 0.2) is 70.4 Å². The van der Waals surface area contributed by atoms with Crippen LogP contribution in [0.5, 0.6) is 0 Å². The molecule has 104 valence electrons. The minimum atomic E-state index is 0.0882. The van der Waals surface area contributed by atoms with Crippen LogP contribution in [0.4, 0.5) is 0 Å². The minimum absolute atomic E-state index is 0.0882. The van der Waals surface area contributed by atoms with E-state index >= 15 is 0 Å². The van der Waals surface area contributed by atoms with Gasteiger partial charge in [-0.05, 0) is 35.6 Å². The van der Waals surface area contributed by atoms with Crippen LogP contribution >= 0.6 is 11.8 Å². The third kappa shape index (κ3) is 2.28. The van der Waals surface area contributed by atoms with Crippen LogP contribution in [-0.2, 0) is 13.0 Å². The van der Waals surface area contributed by atoms with Crippen molar-refractivity contribution in [2.45, 2.75) is 23.1 Å². The van der Waals surface area contributed by atoms with Crippen molar-refractivity contribution in [3.8, 4) is 0 Å². The molecule has 2 nitrogen and oxygen atoms in total. The lowest BCUT2D eigenvalue weighted by Gasteiger charge is -2.14. The molecule has 1 aliphatic rings. The Balaban J connectivity index is 1.70. The summed E-state index contributed by atoms with van der Waals surface area (Å²) in [6, 6.07) is 20.2. The van der Waals surface area contributed by atoms with Crippen LogP contribution < -0.4 is 5.56 Å². The van der Waals surface area contributed by atoms with Gasteiger partial charge in [0.1, 0.15) is 0 Å². The molecule has 0 radical (unpaired) electrons. The van der Waals surface area contributed by atoms with E-state index in [1.807, 2.05) is 40.6 Å². The summed E-state index contributed by atoms with van der Waals surface area (Å²) in [6.07, 6.45) is 1.04. The van der Waals surface area contributed by atoms with E-state index in [1.54, 1.807) is 6.07 Å². The van der Waals surface area contributed by atoms with Gasteiger partial charge in [-0.2, -0.15) is 0 Å². The fourth-order valence-electron chi connectivity index (χ4n) is 2.99. The van der Waals surface area contributed by atoms with E-state index in [9.17, 15) is 4.79 Å². The van der Waals surface area contributed by atoms with Crippen LogP contribution in [0.3, 0.4) is 0 Å². The Hall–Kier alpha value is -2.00. The molecule has 0 spiro atoms. The number of benzene rings is 2. The van der Waals surface area contributed by atoms with Crippen molar-refractivity contribution in [3.63, 3.8) is 0 Å². The zero-order chi connectivity index (χ0) is 14.2. The number of hydrogen-bond acceptors (Lipinski definition) is 2. The summed E-state index contributed by atoms with van der Waals surface area (Å²) in [5, 5.41) is 1.56. The number of nitrogens with zero attached hydrogens (tertiary/aromatic N) is 1. The Labute approximate surface area is 127 Å². The molecular weight excluding hydrogens is 278 g/mol. The van der Waals surface area contributed by atoms with Crippen molar-refractivity contribution < 1.29 is 0 Å². The van der Waals surface area contributed by atoms with E-state index < -0.39 is 0 Å². The number of rotatable bonds is 2. The van der Waals surface area contributed by atoms with Gasteiger partial charge < -0.3 is 4.57 Å². The van der Waals surface area contributed by atoms with Gasteiger partial charge in [-0.1, -0.05) is 36.4 Å². The molecule has 2 aromatic carbocycles. The number of fused-ring (bicyclic) bond motifs is 2. The smallest absolute Gasteiger partial charge is 0.251 e. The number of para-hydroxylation sites is 1. The predicted octanol–water partition coefficient (Wildman–Crippen LogP) is 3.72. The van der Waals surface area contributed by atoms with E-state index in [2.05, 4.69) is 30.3 Å². The summed E-state index contributed by atoms with van der Waals surface area (Å²) in [7, 11) is 0. The molecule has 0 N–H and O–H groups in total. The summed E-state index contributed by atoms with van der Waals surface area (Å²) >= 11 is 1.89. The minimum Gasteiger partial charge on any atom is -0.307 e. The van der Waals surface area contributed by atoms with Gasteiger partial charge >= 0.3 is 0 Å². The molecule has 3 heteroatoms. The molecule has 0 saturated heterocycles. The topological polar surface area (TPSA) is 22.0 Å². The van der Waals surface area contributed by atoms with E-state index in [1.165, 1.54) is 10.5 Å². The lowest BCUT2D eigenvalue weighted by Crippen LogP contribution is -2.24. The monoisotopic (exact) mass is 293 g/mol. The molecule has 21 heavy (non-hydrogen) atoms. The van der Waals surface area contributed by atoms with Gasteiger partial charge in [-0.3, -0.25) is 4.79 Å². The number of aromatic nitrogens is 1. The Morgan fingerprint density at radius 1 is 1.00 bits per heavy atom. The molecule has 2 heterocycles. The van der Waals surface area contributed by atoms with Gasteiger partial charge in [0, 0.05) is 22.8 Å². The summed E-state index contributed by atoms with van der Waals surface area (Å²) in [4.78, 5) is 13.6. The molecule has 0 fully saturated rings. The second-order valence-corrected chi connectivity index (χ2v) is 6.73. The lowest BCUT2D eigenvalue weighted by atomic mass is 10.1. The molecular formula is C18H15NOS. The first kappa shape index (κ1) is 12.7. The lowest BCUT2D eigenvalue weighted by molar-refractivity contribution is 0.663. The molecule has 3 aromatic rings. The maximum absolute atomic E-state index is 12.2. The molecule has 0 amide bonds. The fourth-order valence-corrected chi connectivity index (χ4v) is 4.30. The van der Waals surface area contributed by atoms with Crippen molar-refractivity contribution in [1.82, 2.24) is 4.57 Å². The van der Waals surface area contributed by atoms with E-state index in [0.29, 0.717) is 5.25 Å². The standard InChI is InChI=1S/C18H15NOS/c20-18-10-9-13-5-1-3-7-16(13)19(18)12-15-11-14-6-2-4-8-17(14)21-15/h1-10,15H,11-12H2. The highest BCUT2D eigenvalue weighted by Crippen LogP contribution is 2.37. The normalized spacial score (nSPS) is 17.0. The molecule has 1 aromatic heterocycles. The summed E-state index contributed by atoms with van der Waals surface area (Å²) < 4.78 is 1.92. The van der Waals surface area contributed by atoms with Crippen molar-refractivity contribution >= 4 is 22.7 Å². The van der Waals surface area contributed by atoms with Crippen LogP contribution in [0.2, 0.25) is 0 Å². The maximum atomic E-state index is 12.2. The van der Waals surface area contributed by atoms with Gasteiger partial charge in [0.2, 0.25) is 0 Å². The van der Waals surface area contributed by atoms with Gasteiger partial charge in [-0.15, -0.1) is 11.8 Å². The third-order valence-electron chi connectivity index (χ3n) is 4.00. The molecule has 1 atom stereocenters. The van der Waals surface area contributed by atoms with E-state index in [4.69, 9.17) is 0 Å². The summed E-state index contributed by atoms with van der Waals surface area (Å²) in [6.45, 7) is 0.763. The van der Waals surface area contributed by atoms with Gasteiger partial charge in [0.05, 0.1) is 5.52 Å². The second kappa shape index (κ2) is 5.08. The molecule has 0 saturated carbocycles. The summed E-state index contributed by atoms with van der Waals surface area (Å²) in [5.41, 5.74) is 2.52. The van der Waals surface area contributed by atoms with Crippen LogP contribution in [-0.4, -0.2) is 9.82 Å². The highest BCUT2D eigenvalue weighted by Gasteiger charge is 2.22. The summed E-state index contributed by atoms with van der Waals surface area (Å²) in [5.74, 6) is 0. The number of thioether (sulfide) groups is 1. The average molecular weight is 293 g/mol. The van der Waals surface area contributed by atoms with Gasteiger partial charge in [-0.25, -0.2) is 0 Å². The van der Waals surface area contributed by atoms with Crippen molar-refractivity contribution in [3.05, 3.63) is 76.6 Å². The highest BCUT2D eigenvalue weighted by atomic mass is 32.2.